The maximum Gasteiger partial charge on any atom is 0.338 e. The average molecular weight is 376 g/mol. The van der Waals surface area contributed by atoms with Crippen molar-refractivity contribution in [1.82, 2.24) is 10.2 Å². The number of aromatic nitrogens is 2. The van der Waals surface area contributed by atoms with Crippen LogP contribution in [0.4, 0.5) is 5.69 Å². The van der Waals surface area contributed by atoms with Gasteiger partial charge in [-0.25, -0.2) is 4.79 Å². The predicted octanol–water partition coefficient (Wildman–Crippen LogP) is 3.51. The first-order valence-corrected chi connectivity index (χ1v) is 8.43. The van der Waals surface area contributed by atoms with Crippen molar-refractivity contribution in [3.8, 4) is 17.5 Å². The molecule has 0 fully saturated rings. The third kappa shape index (κ3) is 4.59. The number of nitrogens with zero attached hydrogens (tertiary/aromatic N) is 3. The lowest BCUT2D eigenvalue weighted by Crippen LogP contribution is -2.11. The van der Waals surface area contributed by atoms with E-state index in [1.54, 1.807) is 25.1 Å². The van der Waals surface area contributed by atoms with Gasteiger partial charge in [0.1, 0.15) is 6.42 Å². The number of ether oxygens (including phenoxy) is 1. The van der Waals surface area contributed by atoms with Gasteiger partial charge in [0.2, 0.25) is 11.8 Å². The third-order valence-electron chi connectivity index (χ3n) is 3.74. The van der Waals surface area contributed by atoms with Crippen molar-refractivity contribution < 1.29 is 18.7 Å². The lowest BCUT2D eigenvalue weighted by atomic mass is 10.2. The Morgan fingerprint density at radius 1 is 1.14 bits per heavy atom. The lowest BCUT2D eigenvalue weighted by molar-refractivity contribution is -0.115. The molecule has 3 rings (SSSR count). The first-order valence-electron chi connectivity index (χ1n) is 8.43. The van der Waals surface area contributed by atoms with Gasteiger partial charge in [-0.3, -0.25) is 4.79 Å². The molecule has 1 N–H and O–H groups in total. The molecule has 8 nitrogen and oxygen atoms in total. The topological polar surface area (TPSA) is 118 Å². The number of hydrogen-bond donors (Lipinski definition) is 1. The largest absolute Gasteiger partial charge is 0.449 e. The standard InChI is InChI=1S/C20H16N4O4/c1-13(18-23-24-19(28-18)14-5-3-2-4-6-14)27-20(26)15-7-9-16(10-8-15)22-17(25)11-12-21/h2-10,13H,11H2,1H3,(H,22,25)/t13-/m0/s1. The number of hydrogen-bond acceptors (Lipinski definition) is 7. The monoisotopic (exact) mass is 376 g/mol. The van der Waals surface area contributed by atoms with Gasteiger partial charge in [-0.15, -0.1) is 10.2 Å². The van der Waals surface area contributed by atoms with E-state index in [9.17, 15) is 9.59 Å². The molecule has 1 atom stereocenters. The van der Waals surface area contributed by atoms with E-state index in [2.05, 4.69) is 15.5 Å². The number of amides is 1. The molecule has 0 bridgehead atoms. The molecule has 1 heterocycles. The first-order chi connectivity index (χ1) is 13.6. The molecule has 2 aromatic carbocycles. The second kappa shape index (κ2) is 8.60. The summed E-state index contributed by atoms with van der Waals surface area (Å²) in [4.78, 5) is 23.7. The summed E-state index contributed by atoms with van der Waals surface area (Å²) in [5.74, 6) is -0.456. The number of benzene rings is 2. The van der Waals surface area contributed by atoms with Crippen LogP contribution >= 0.6 is 0 Å². The predicted molar refractivity (Wildman–Crippen MR) is 98.9 cm³/mol. The van der Waals surface area contributed by atoms with Crippen molar-refractivity contribution in [2.45, 2.75) is 19.4 Å². The second-order valence-electron chi connectivity index (χ2n) is 5.82. The molecule has 8 heteroatoms. The molecular formula is C20H16N4O4. The fourth-order valence-electron chi connectivity index (χ4n) is 2.34. The molecule has 0 spiro atoms. The number of carbonyl (C=O) groups is 2. The van der Waals surface area contributed by atoms with Crippen LogP contribution in [0.5, 0.6) is 0 Å². The molecule has 3 aromatic rings. The highest BCUT2D eigenvalue weighted by Gasteiger charge is 2.20. The van der Waals surface area contributed by atoms with Gasteiger partial charge in [0.25, 0.3) is 5.89 Å². The second-order valence-corrected chi connectivity index (χ2v) is 5.82. The molecule has 1 aromatic heterocycles. The summed E-state index contributed by atoms with van der Waals surface area (Å²) < 4.78 is 10.9. The van der Waals surface area contributed by atoms with Crippen LogP contribution < -0.4 is 5.32 Å². The van der Waals surface area contributed by atoms with Crippen molar-refractivity contribution in [2.24, 2.45) is 0 Å². The Kier molecular flexibility index (Phi) is 5.77. The summed E-state index contributed by atoms with van der Waals surface area (Å²) in [7, 11) is 0. The average Bonchev–Trinajstić information content (AvgIpc) is 3.20. The van der Waals surface area contributed by atoms with Gasteiger partial charge in [-0.2, -0.15) is 5.26 Å². The molecule has 0 saturated heterocycles. The molecule has 28 heavy (non-hydrogen) atoms. The van der Waals surface area contributed by atoms with E-state index >= 15 is 0 Å². The lowest BCUT2D eigenvalue weighted by Gasteiger charge is -2.10. The van der Waals surface area contributed by atoms with E-state index in [4.69, 9.17) is 14.4 Å². The number of carbonyl (C=O) groups excluding carboxylic acids is 2. The molecule has 1 amide bonds. The Morgan fingerprint density at radius 2 is 1.86 bits per heavy atom. The van der Waals surface area contributed by atoms with E-state index in [1.807, 2.05) is 30.3 Å². The Morgan fingerprint density at radius 3 is 2.54 bits per heavy atom. The maximum atomic E-state index is 12.3. The third-order valence-corrected chi connectivity index (χ3v) is 3.74. The SMILES string of the molecule is C[C@H](OC(=O)c1ccc(NC(=O)CC#N)cc1)c1nnc(-c2ccccc2)o1. The van der Waals surface area contributed by atoms with Gasteiger partial charge in [0.05, 0.1) is 11.6 Å². The Labute approximate surface area is 160 Å². The first kappa shape index (κ1) is 18.8. The van der Waals surface area contributed by atoms with Crippen molar-refractivity contribution in [3.63, 3.8) is 0 Å². The molecule has 0 radical (unpaired) electrons. The Balaban J connectivity index is 1.62. The van der Waals surface area contributed by atoms with Gasteiger partial charge >= 0.3 is 5.97 Å². The molecule has 0 unspecified atom stereocenters. The van der Waals surface area contributed by atoms with E-state index in [1.165, 1.54) is 12.1 Å². The van der Waals surface area contributed by atoms with Crippen molar-refractivity contribution in [2.75, 3.05) is 5.32 Å². The molecule has 0 aliphatic carbocycles. The van der Waals surface area contributed by atoms with Crippen molar-refractivity contribution in [1.29, 1.82) is 5.26 Å². The van der Waals surface area contributed by atoms with Crippen LogP contribution in [0.3, 0.4) is 0 Å². The van der Waals surface area contributed by atoms with Crippen LogP contribution in [0.1, 0.15) is 35.7 Å². The summed E-state index contributed by atoms with van der Waals surface area (Å²) in [6.07, 6.45) is -0.969. The number of nitriles is 1. The Bertz CT molecular complexity index is 1010. The Hall–Kier alpha value is -3.99. The van der Waals surface area contributed by atoms with Gasteiger partial charge in [0.15, 0.2) is 6.10 Å². The summed E-state index contributed by atoms with van der Waals surface area (Å²) in [5, 5.41) is 18.9. The highest BCUT2D eigenvalue weighted by atomic mass is 16.6. The number of anilines is 1. The van der Waals surface area contributed by atoms with Crippen LogP contribution in [0.2, 0.25) is 0 Å². The summed E-state index contributed by atoms with van der Waals surface area (Å²) in [6.45, 7) is 1.64. The van der Waals surface area contributed by atoms with Crippen molar-refractivity contribution in [3.05, 3.63) is 66.1 Å². The van der Waals surface area contributed by atoms with Crippen molar-refractivity contribution >= 4 is 17.6 Å². The van der Waals surface area contributed by atoms with Crippen LogP contribution in [0, 0.1) is 11.3 Å². The van der Waals surface area contributed by atoms with E-state index < -0.39 is 18.0 Å². The zero-order valence-electron chi connectivity index (χ0n) is 15.0. The molecule has 0 aliphatic heterocycles. The fourth-order valence-corrected chi connectivity index (χ4v) is 2.34. The molecule has 140 valence electrons. The van der Waals surface area contributed by atoms with Gasteiger partial charge in [-0.05, 0) is 43.3 Å². The number of rotatable bonds is 6. The summed E-state index contributed by atoms with van der Waals surface area (Å²) >= 11 is 0. The molecule has 0 aliphatic rings. The summed E-state index contributed by atoms with van der Waals surface area (Å²) in [6, 6.07) is 17.2. The van der Waals surface area contributed by atoms with Crippen LogP contribution in [-0.2, 0) is 9.53 Å². The van der Waals surface area contributed by atoms with E-state index in [0.29, 0.717) is 17.1 Å². The highest BCUT2D eigenvalue weighted by Crippen LogP contribution is 2.23. The minimum Gasteiger partial charge on any atom is -0.449 e. The van der Waals surface area contributed by atoms with Gasteiger partial charge in [0, 0.05) is 11.3 Å². The van der Waals surface area contributed by atoms with Gasteiger partial charge < -0.3 is 14.5 Å². The minimum absolute atomic E-state index is 0.188. The quantitative estimate of drug-likeness (QED) is 0.654. The summed E-state index contributed by atoms with van der Waals surface area (Å²) in [5.41, 5.74) is 1.55. The molecular weight excluding hydrogens is 360 g/mol. The zero-order valence-corrected chi connectivity index (χ0v) is 15.0. The van der Waals surface area contributed by atoms with E-state index in [0.717, 1.165) is 5.56 Å². The van der Waals surface area contributed by atoms with E-state index in [-0.39, 0.29) is 12.3 Å². The van der Waals surface area contributed by atoms with Gasteiger partial charge in [-0.1, -0.05) is 18.2 Å². The highest BCUT2D eigenvalue weighted by molar-refractivity contribution is 5.93. The molecule has 0 saturated carbocycles. The van der Waals surface area contributed by atoms with Crippen LogP contribution in [0.25, 0.3) is 11.5 Å². The number of esters is 1. The maximum absolute atomic E-state index is 12.3. The van der Waals surface area contributed by atoms with Crippen LogP contribution in [-0.4, -0.2) is 22.1 Å². The smallest absolute Gasteiger partial charge is 0.338 e. The number of nitrogens with one attached hydrogen (secondary N) is 1. The fraction of sp³-hybridized carbons (Fsp3) is 0.150. The minimum atomic E-state index is -0.729. The zero-order chi connectivity index (χ0) is 19.9. The van der Waals surface area contributed by atoms with Crippen LogP contribution in [0.15, 0.2) is 59.0 Å². The normalized spacial score (nSPS) is 11.3.